The third-order valence-corrected chi connectivity index (χ3v) is 4.77. The normalized spacial score (nSPS) is 38.8. The predicted molar refractivity (Wildman–Crippen MR) is 51.2 cm³/mol. The summed E-state index contributed by atoms with van der Waals surface area (Å²) in [6.07, 6.45) is 1.48. The zero-order chi connectivity index (χ0) is 10.1. The number of hydrogen-bond acceptors (Lipinski definition) is 2. The van der Waals surface area contributed by atoms with Crippen molar-refractivity contribution in [3.8, 4) is 0 Å². The SMILES string of the molecule is CCC1CC(F)(CC)CS(=O)(=O)C1. The first kappa shape index (κ1) is 11.0. The van der Waals surface area contributed by atoms with Crippen molar-refractivity contribution in [1.29, 1.82) is 0 Å². The molecular weight excluding hydrogens is 191 g/mol. The standard InChI is InChI=1S/C9H17FO2S/c1-3-8-5-9(10,4-2)7-13(11,12)6-8/h8H,3-7H2,1-2H3. The summed E-state index contributed by atoms with van der Waals surface area (Å²) in [5.74, 6) is -0.0778. The second-order valence-electron chi connectivity index (χ2n) is 4.04. The van der Waals surface area contributed by atoms with E-state index in [0.717, 1.165) is 6.42 Å². The van der Waals surface area contributed by atoms with Gasteiger partial charge in [-0.2, -0.15) is 0 Å². The van der Waals surface area contributed by atoms with E-state index in [1.165, 1.54) is 0 Å². The molecule has 78 valence electrons. The Morgan fingerprint density at radius 1 is 1.46 bits per heavy atom. The molecule has 1 saturated heterocycles. The minimum atomic E-state index is -3.14. The summed E-state index contributed by atoms with van der Waals surface area (Å²) in [6, 6.07) is 0. The first-order valence-corrected chi connectivity index (χ1v) is 6.62. The molecule has 0 radical (unpaired) electrons. The van der Waals surface area contributed by atoms with Gasteiger partial charge in [-0.05, 0) is 18.8 Å². The molecule has 4 heteroatoms. The molecule has 0 aromatic carbocycles. The van der Waals surface area contributed by atoms with E-state index in [0.29, 0.717) is 12.8 Å². The molecule has 1 aliphatic rings. The summed E-state index contributed by atoms with van der Waals surface area (Å²) in [6.45, 7) is 3.63. The van der Waals surface area contributed by atoms with Gasteiger partial charge in [-0.3, -0.25) is 0 Å². The van der Waals surface area contributed by atoms with Crippen LogP contribution in [0.4, 0.5) is 4.39 Å². The Morgan fingerprint density at radius 3 is 2.54 bits per heavy atom. The van der Waals surface area contributed by atoms with Crippen LogP contribution in [0.2, 0.25) is 0 Å². The Kier molecular flexibility index (Phi) is 3.00. The Hall–Kier alpha value is -0.120. The highest BCUT2D eigenvalue weighted by Crippen LogP contribution is 2.34. The highest BCUT2D eigenvalue weighted by Gasteiger charge is 2.41. The maximum absolute atomic E-state index is 13.9. The molecule has 13 heavy (non-hydrogen) atoms. The molecule has 0 aliphatic carbocycles. The lowest BCUT2D eigenvalue weighted by Crippen LogP contribution is -2.42. The fourth-order valence-electron chi connectivity index (χ4n) is 1.96. The molecule has 0 aromatic rings. The lowest BCUT2D eigenvalue weighted by Gasteiger charge is -2.33. The highest BCUT2D eigenvalue weighted by atomic mass is 32.2. The maximum Gasteiger partial charge on any atom is 0.153 e. The van der Waals surface area contributed by atoms with Crippen LogP contribution in [-0.2, 0) is 9.84 Å². The van der Waals surface area contributed by atoms with Crippen molar-refractivity contribution in [3.63, 3.8) is 0 Å². The summed E-state index contributed by atoms with van der Waals surface area (Å²) in [4.78, 5) is 0. The van der Waals surface area contributed by atoms with Crippen molar-refractivity contribution in [3.05, 3.63) is 0 Å². The van der Waals surface area contributed by atoms with E-state index in [2.05, 4.69) is 0 Å². The minimum absolute atomic E-state index is 0.0173. The first-order chi connectivity index (χ1) is 5.91. The number of hydrogen-bond donors (Lipinski definition) is 0. The lowest BCUT2D eigenvalue weighted by molar-refractivity contribution is 0.138. The van der Waals surface area contributed by atoms with Gasteiger partial charge in [-0.15, -0.1) is 0 Å². The fraction of sp³-hybridized carbons (Fsp3) is 1.00. The van der Waals surface area contributed by atoms with E-state index in [1.54, 1.807) is 6.92 Å². The van der Waals surface area contributed by atoms with Gasteiger partial charge in [0.1, 0.15) is 5.67 Å². The van der Waals surface area contributed by atoms with E-state index in [9.17, 15) is 12.8 Å². The molecule has 0 bridgehead atoms. The lowest BCUT2D eigenvalue weighted by atomic mass is 9.90. The van der Waals surface area contributed by atoms with Crippen LogP contribution in [0.15, 0.2) is 0 Å². The van der Waals surface area contributed by atoms with Gasteiger partial charge >= 0.3 is 0 Å². The van der Waals surface area contributed by atoms with Crippen molar-refractivity contribution in [2.45, 2.75) is 38.8 Å². The Morgan fingerprint density at radius 2 is 2.08 bits per heavy atom. The first-order valence-electron chi connectivity index (χ1n) is 4.80. The van der Waals surface area contributed by atoms with E-state index in [-0.39, 0.29) is 17.4 Å². The molecule has 2 atom stereocenters. The van der Waals surface area contributed by atoms with Crippen LogP contribution in [0, 0.1) is 5.92 Å². The van der Waals surface area contributed by atoms with Crippen LogP contribution in [0.1, 0.15) is 33.1 Å². The average Bonchev–Trinajstić information content (AvgIpc) is 2.01. The van der Waals surface area contributed by atoms with E-state index in [1.807, 2.05) is 6.92 Å². The zero-order valence-electron chi connectivity index (χ0n) is 8.22. The fourth-order valence-corrected chi connectivity index (χ4v) is 4.26. The van der Waals surface area contributed by atoms with E-state index in [4.69, 9.17) is 0 Å². The molecule has 1 aliphatic heterocycles. The summed E-state index contributed by atoms with van der Waals surface area (Å²) in [5.41, 5.74) is -1.46. The smallest absolute Gasteiger partial charge is 0.153 e. The van der Waals surface area contributed by atoms with Gasteiger partial charge in [-0.1, -0.05) is 20.3 Å². The third-order valence-electron chi connectivity index (χ3n) is 2.83. The van der Waals surface area contributed by atoms with Crippen molar-refractivity contribution in [2.75, 3.05) is 11.5 Å². The number of rotatable bonds is 2. The molecule has 0 aromatic heterocycles. The topological polar surface area (TPSA) is 34.1 Å². The molecule has 1 heterocycles. The van der Waals surface area contributed by atoms with E-state index < -0.39 is 15.5 Å². The van der Waals surface area contributed by atoms with Crippen LogP contribution in [0.25, 0.3) is 0 Å². The van der Waals surface area contributed by atoms with Gasteiger partial charge in [0.25, 0.3) is 0 Å². The summed E-state index contributed by atoms with van der Waals surface area (Å²) in [7, 11) is -3.14. The zero-order valence-corrected chi connectivity index (χ0v) is 9.03. The van der Waals surface area contributed by atoms with Crippen LogP contribution < -0.4 is 0 Å². The Balaban J connectivity index is 2.83. The van der Waals surface area contributed by atoms with Crippen molar-refractivity contribution in [1.82, 2.24) is 0 Å². The number of alkyl halides is 1. The Bertz CT molecular complexity index is 273. The molecule has 0 spiro atoms. The second kappa shape index (κ2) is 3.56. The molecule has 1 rings (SSSR count). The molecule has 2 unspecified atom stereocenters. The molecule has 2 nitrogen and oxygen atoms in total. The van der Waals surface area contributed by atoms with Gasteiger partial charge in [0, 0.05) is 0 Å². The van der Waals surface area contributed by atoms with Crippen molar-refractivity contribution in [2.24, 2.45) is 5.92 Å². The van der Waals surface area contributed by atoms with Crippen molar-refractivity contribution < 1.29 is 12.8 Å². The Labute approximate surface area is 79.4 Å². The van der Waals surface area contributed by atoms with Crippen molar-refractivity contribution >= 4 is 9.84 Å². The quantitative estimate of drug-likeness (QED) is 0.695. The summed E-state index contributed by atoms with van der Waals surface area (Å²) in [5, 5.41) is 0. The van der Waals surface area contributed by atoms with Crippen LogP contribution in [-0.4, -0.2) is 25.6 Å². The van der Waals surface area contributed by atoms with E-state index >= 15 is 0 Å². The second-order valence-corrected chi connectivity index (χ2v) is 6.15. The molecule has 0 amide bonds. The maximum atomic E-state index is 13.9. The van der Waals surface area contributed by atoms with Gasteiger partial charge < -0.3 is 0 Å². The van der Waals surface area contributed by atoms with Crippen LogP contribution >= 0.6 is 0 Å². The summed E-state index contributed by atoms with van der Waals surface area (Å²) >= 11 is 0. The highest BCUT2D eigenvalue weighted by molar-refractivity contribution is 7.91. The monoisotopic (exact) mass is 208 g/mol. The van der Waals surface area contributed by atoms with Gasteiger partial charge in [0.05, 0.1) is 11.5 Å². The molecular formula is C9H17FO2S. The predicted octanol–water partition coefficient (Wildman–Crippen LogP) is 1.95. The number of sulfone groups is 1. The molecule has 0 saturated carbocycles. The van der Waals surface area contributed by atoms with Crippen LogP contribution in [0.3, 0.4) is 0 Å². The summed E-state index contributed by atoms with van der Waals surface area (Å²) < 4.78 is 36.6. The van der Waals surface area contributed by atoms with Crippen LogP contribution in [0.5, 0.6) is 0 Å². The van der Waals surface area contributed by atoms with Gasteiger partial charge in [0.2, 0.25) is 0 Å². The molecule has 0 N–H and O–H groups in total. The largest absolute Gasteiger partial charge is 0.243 e. The third kappa shape index (κ3) is 2.66. The number of halogens is 1. The molecule has 1 fully saturated rings. The average molecular weight is 208 g/mol. The van der Waals surface area contributed by atoms with Gasteiger partial charge in [-0.25, -0.2) is 12.8 Å². The minimum Gasteiger partial charge on any atom is -0.243 e. The van der Waals surface area contributed by atoms with Gasteiger partial charge in [0.15, 0.2) is 9.84 Å².